The minimum atomic E-state index is -0.266. The molecule has 164 valence electrons. The minimum absolute atomic E-state index is 0.0335. The molecule has 0 aliphatic rings. The van der Waals surface area contributed by atoms with Gasteiger partial charge in [0, 0.05) is 35.5 Å². The first kappa shape index (κ1) is 22.9. The zero-order chi connectivity index (χ0) is 22.9. The van der Waals surface area contributed by atoms with Crippen molar-refractivity contribution in [1.82, 2.24) is 10.2 Å². The van der Waals surface area contributed by atoms with E-state index in [1.807, 2.05) is 49.3 Å². The van der Waals surface area contributed by atoms with Crippen LogP contribution in [0.25, 0.3) is 0 Å². The van der Waals surface area contributed by atoms with Crippen molar-refractivity contribution in [2.45, 2.75) is 6.42 Å². The second-order valence-corrected chi connectivity index (χ2v) is 7.75. The Morgan fingerprint density at radius 3 is 1.97 bits per heavy atom. The maximum absolute atomic E-state index is 12.5. The van der Waals surface area contributed by atoms with E-state index in [0.717, 1.165) is 12.1 Å². The van der Waals surface area contributed by atoms with Gasteiger partial charge >= 0.3 is 0 Å². The summed E-state index contributed by atoms with van der Waals surface area (Å²) in [4.78, 5) is 39.0. The highest BCUT2D eigenvalue weighted by Crippen LogP contribution is 2.14. The molecule has 2 N–H and O–H groups in total. The summed E-state index contributed by atoms with van der Waals surface area (Å²) in [6.07, 6.45) is 0.290. The average molecular weight is 430 g/mol. The van der Waals surface area contributed by atoms with Gasteiger partial charge in [-0.1, -0.05) is 54.6 Å². The van der Waals surface area contributed by atoms with Crippen molar-refractivity contribution in [3.05, 3.63) is 101 Å². The normalized spacial score (nSPS) is 10.6. The largest absolute Gasteiger partial charge is 0.355 e. The Labute approximate surface area is 188 Å². The first-order chi connectivity index (χ1) is 15.4. The van der Waals surface area contributed by atoms with E-state index in [2.05, 4.69) is 10.6 Å². The molecule has 6 heteroatoms. The molecule has 0 heterocycles. The van der Waals surface area contributed by atoms with Crippen molar-refractivity contribution in [3.8, 4) is 0 Å². The van der Waals surface area contributed by atoms with Gasteiger partial charge in [0.05, 0.1) is 6.42 Å². The van der Waals surface area contributed by atoms with Gasteiger partial charge in [-0.25, -0.2) is 0 Å². The van der Waals surface area contributed by atoms with E-state index < -0.39 is 0 Å². The molecule has 0 fully saturated rings. The van der Waals surface area contributed by atoms with E-state index in [4.69, 9.17) is 0 Å². The zero-order valence-corrected chi connectivity index (χ0v) is 18.3. The molecular weight excluding hydrogens is 402 g/mol. The molecule has 32 heavy (non-hydrogen) atoms. The molecule has 0 aliphatic heterocycles. The van der Waals surface area contributed by atoms with E-state index in [1.54, 1.807) is 48.5 Å². The number of carbonyl (C=O) groups is 3. The van der Waals surface area contributed by atoms with Crippen LogP contribution >= 0.6 is 0 Å². The molecule has 0 radical (unpaired) electrons. The number of rotatable bonds is 9. The van der Waals surface area contributed by atoms with Crippen LogP contribution in [0.4, 0.5) is 5.69 Å². The fourth-order valence-electron chi connectivity index (χ4n) is 3.11. The van der Waals surface area contributed by atoms with Gasteiger partial charge in [-0.2, -0.15) is 0 Å². The zero-order valence-electron chi connectivity index (χ0n) is 18.3. The molecule has 0 saturated carbocycles. The summed E-state index contributed by atoms with van der Waals surface area (Å²) in [6, 6.07) is 22.8. The summed E-state index contributed by atoms with van der Waals surface area (Å²) in [5.74, 6) is -0.384. The van der Waals surface area contributed by atoms with Crippen LogP contribution in [0.5, 0.6) is 0 Å². The summed E-state index contributed by atoms with van der Waals surface area (Å²) in [6.45, 7) is 1.40. The summed E-state index contributed by atoms with van der Waals surface area (Å²) in [7, 11) is 3.91. The third-order valence-corrected chi connectivity index (χ3v) is 4.90. The molecule has 0 atom stereocenters. The van der Waals surface area contributed by atoms with Crippen molar-refractivity contribution in [3.63, 3.8) is 0 Å². The Kier molecular flexibility index (Phi) is 7.89. The molecule has 0 saturated heterocycles. The molecule has 6 nitrogen and oxygen atoms in total. The van der Waals surface area contributed by atoms with Gasteiger partial charge in [0.15, 0.2) is 5.78 Å². The Morgan fingerprint density at radius 2 is 1.34 bits per heavy atom. The molecule has 2 amide bonds. The van der Waals surface area contributed by atoms with Gasteiger partial charge in [0.2, 0.25) is 5.91 Å². The Bertz CT molecular complexity index is 1060. The number of amides is 2. The lowest BCUT2D eigenvalue weighted by atomic mass is 10.0. The van der Waals surface area contributed by atoms with Crippen LogP contribution < -0.4 is 10.6 Å². The number of benzene rings is 3. The third-order valence-electron chi connectivity index (χ3n) is 4.90. The van der Waals surface area contributed by atoms with Crippen LogP contribution in [-0.4, -0.2) is 49.7 Å². The first-order valence-electron chi connectivity index (χ1n) is 10.4. The predicted molar refractivity (Wildman–Crippen MR) is 126 cm³/mol. The molecule has 0 unspecified atom stereocenters. The number of hydrogen-bond acceptors (Lipinski definition) is 4. The van der Waals surface area contributed by atoms with Crippen molar-refractivity contribution in [2.24, 2.45) is 0 Å². The van der Waals surface area contributed by atoms with Gasteiger partial charge in [0.1, 0.15) is 0 Å². The minimum Gasteiger partial charge on any atom is -0.355 e. The van der Waals surface area contributed by atoms with Gasteiger partial charge in [0.25, 0.3) is 5.91 Å². The molecule has 3 aromatic rings. The number of likely N-dealkylation sites (N-methyl/N-ethyl adjacent to an activating group) is 1. The van der Waals surface area contributed by atoms with Gasteiger partial charge in [-0.05, 0) is 43.9 Å². The number of nitrogens with one attached hydrogen (secondary N) is 2. The SMILES string of the molecule is CN(C)CCNC(=O)Cc1ccc(NC(=O)c2ccc(C(=O)c3ccccc3)cc2)cc1. The van der Waals surface area contributed by atoms with E-state index in [0.29, 0.717) is 35.3 Å². The molecule has 0 spiro atoms. The number of ketones is 1. The van der Waals surface area contributed by atoms with Crippen molar-refractivity contribution < 1.29 is 14.4 Å². The highest BCUT2D eigenvalue weighted by atomic mass is 16.2. The van der Waals surface area contributed by atoms with Crippen LogP contribution in [0.3, 0.4) is 0 Å². The average Bonchev–Trinajstić information content (AvgIpc) is 2.80. The lowest BCUT2D eigenvalue weighted by Crippen LogP contribution is -2.32. The van der Waals surface area contributed by atoms with Crippen molar-refractivity contribution in [2.75, 3.05) is 32.5 Å². The lowest BCUT2D eigenvalue weighted by Gasteiger charge is -2.11. The maximum atomic E-state index is 12.5. The van der Waals surface area contributed by atoms with Gasteiger partial charge in [-0.3, -0.25) is 14.4 Å². The Morgan fingerprint density at radius 1 is 0.750 bits per heavy atom. The Balaban J connectivity index is 1.54. The van der Waals surface area contributed by atoms with E-state index in [9.17, 15) is 14.4 Å². The molecule has 0 bridgehead atoms. The first-order valence-corrected chi connectivity index (χ1v) is 10.4. The van der Waals surface area contributed by atoms with Crippen LogP contribution in [0.2, 0.25) is 0 Å². The number of nitrogens with zero attached hydrogens (tertiary/aromatic N) is 1. The summed E-state index contributed by atoms with van der Waals surface area (Å²) in [5.41, 5.74) is 3.10. The molecular formula is C26H27N3O3. The molecule has 0 aliphatic carbocycles. The van der Waals surface area contributed by atoms with Crippen LogP contribution in [-0.2, 0) is 11.2 Å². The van der Waals surface area contributed by atoms with Crippen molar-refractivity contribution in [1.29, 1.82) is 0 Å². The lowest BCUT2D eigenvalue weighted by molar-refractivity contribution is -0.120. The molecule has 3 rings (SSSR count). The maximum Gasteiger partial charge on any atom is 0.255 e. The topological polar surface area (TPSA) is 78.5 Å². The Hall–Kier alpha value is -3.77. The quantitative estimate of drug-likeness (QED) is 0.511. The number of anilines is 1. The monoisotopic (exact) mass is 429 g/mol. The van der Waals surface area contributed by atoms with E-state index in [1.165, 1.54) is 0 Å². The predicted octanol–water partition coefficient (Wildman–Crippen LogP) is 3.39. The number of hydrogen-bond donors (Lipinski definition) is 2. The summed E-state index contributed by atoms with van der Waals surface area (Å²) >= 11 is 0. The fraction of sp³-hybridized carbons (Fsp3) is 0.192. The van der Waals surface area contributed by atoms with Crippen LogP contribution in [0.1, 0.15) is 31.8 Å². The fourth-order valence-corrected chi connectivity index (χ4v) is 3.11. The van der Waals surface area contributed by atoms with E-state index >= 15 is 0 Å². The highest BCUT2D eigenvalue weighted by molar-refractivity contribution is 6.10. The second-order valence-electron chi connectivity index (χ2n) is 7.75. The third kappa shape index (κ3) is 6.62. The van der Waals surface area contributed by atoms with Crippen molar-refractivity contribution >= 4 is 23.3 Å². The van der Waals surface area contributed by atoms with Gasteiger partial charge < -0.3 is 15.5 Å². The van der Waals surface area contributed by atoms with Crippen LogP contribution in [0.15, 0.2) is 78.9 Å². The van der Waals surface area contributed by atoms with E-state index in [-0.39, 0.29) is 17.6 Å². The summed E-state index contributed by atoms with van der Waals surface area (Å²) < 4.78 is 0. The molecule has 3 aromatic carbocycles. The number of carbonyl (C=O) groups excluding carboxylic acids is 3. The highest BCUT2D eigenvalue weighted by Gasteiger charge is 2.11. The summed E-state index contributed by atoms with van der Waals surface area (Å²) in [5, 5.41) is 5.72. The van der Waals surface area contributed by atoms with Gasteiger partial charge in [-0.15, -0.1) is 0 Å². The smallest absolute Gasteiger partial charge is 0.255 e. The standard InChI is InChI=1S/C26H27N3O3/c1-29(2)17-16-27-24(30)18-19-8-14-23(15-9-19)28-26(32)22-12-10-21(11-13-22)25(31)20-6-4-3-5-7-20/h3-15H,16-18H2,1-2H3,(H,27,30)(H,28,32). The second kappa shape index (κ2) is 11.0. The molecule has 0 aromatic heterocycles. The van der Waals surface area contributed by atoms with Crippen LogP contribution in [0, 0.1) is 0 Å².